The fourth-order valence-electron chi connectivity index (χ4n) is 5.75. The third kappa shape index (κ3) is 2.71. The summed E-state index contributed by atoms with van der Waals surface area (Å²) in [4.78, 5) is 40.1. The Bertz CT molecular complexity index is 1190. The first-order valence-electron chi connectivity index (χ1n) is 10.3. The summed E-state index contributed by atoms with van der Waals surface area (Å²) in [5.74, 6) is -10.2. The Balaban J connectivity index is 2.08. The van der Waals surface area contributed by atoms with Gasteiger partial charge in [-0.25, -0.2) is 4.39 Å². The van der Waals surface area contributed by atoms with Crippen LogP contribution in [0.2, 0.25) is 0 Å². The summed E-state index contributed by atoms with van der Waals surface area (Å²) in [7, 11) is 2.95. The largest absolute Gasteiger partial charge is 0.510 e. The Morgan fingerprint density at radius 2 is 1.76 bits per heavy atom. The molecule has 0 bridgehead atoms. The van der Waals surface area contributed by atoms with Crippen molar-refractivity contribution in [3.8, 4) is 5.75 Å². The normalized spacial score (nSPS) is 33.8. The molecule has 0 radical (unpaired) electrons. The van der Waals surface area contributed by atoms with Crippen molar-refractivity contribution in [1.29, 1.82) is 0 Å². The maximum atomic E-state index is 14.7. The van der Waals surface area contributed by atoms with E-state index in [0.717, 1.165) is 19.1 Å². The van der Waals surface area contributed by atoms with Gasteiger partial charge in [0, 0.05) is 17.1 Å². The first-order chi connectivity index (χ1) is 15.3. The zero-order valence-electron chi connectivity index (χ0n) is 18.3. The molecule has 176 valence electrons. The number of ketones is 3. The Kier molecular flexibility index (Phi) is 5.04. The van der Waals surface area contributed by atoms with Crippen LogP contribution in [0.4, 0.5) is 4.39 Å². The molecule has 0 saturated carbocycles. The second-order valence-electron chi connectivity index (χ2n) is 9.10. The highest BCUT2D eigenvalue weighted by Gasteiger charge is 2.67. The molecule has 0 heterocycles. The lowest BCUT2D eigenvalue weighted by Gasteiger charge is -2.53. The molecule has 0 aromatic heterocycles. The van der Waals surface area contributed by atoms with Gasteiger partial charge in [-0.3, -0.25) is 19.3 Å². The molecule has 4 rings (SSSR count). The van der Waals surface area contributed by atoms with Crippen LogP contribution in [0.25, 0.3) is 0 Å². The average molecular weight is 461 g/mol. The van der Waals surface area contributed by atoms with E-state index in [1.165, 1.54) is 25.9 Å². The van der Waals surface area contributed by atoms with Gasteiger partial charge in [-0.05, 0) is 39.1 Å². The summed E-state index contributed by atoms with van der Waals surface area (Å²) in [5, 5.41) is 55.1. The van der Waals surface area contributed by atoms with Gasteiger partial charge < -0.3 is 25.5 Å². The van der Waals surface area contributed by atoms with E-state index in [9.17, 15) is 44.3 Å². The zero-order valence-corrected chi connectivity index (χ0v) is 18.3. The van der Waals surface area contributed by atoms with E-state index in [2.05, 4.69) is 0 Å². The molecule has 9 nitrogen and oxygen atoms in total. The van der Waals surface area contributed by atoms with E-state index in [1.54, 1.807) is 0 Å². The summed E-state index contributed by atoms with van der Waals surface area (Å²) < 4.78 is 14.7. The number of fused-ring (bicyclic) bond motifs is 3. The molecule has 6 atom stereocenters. The van der Waals surface area contributed by atoms with Crippen LogP contribution in [0.3, 0.4) is 0 Å². The van der Waals surface area contributed by atoms with Gasteiger partial charge in [0.25, 0.3) is 0 Å². The number of halogens is 1. The lowest BCUT2D eigenvalue weighted by molar-refractivity contribution is -0.162. The number of carbonyl (C=O) groups excluding carboxylic acids is 3. The Labute approximate surface area is 188 Å². The highest BCUT2D eigenvalue weighted by atomic mass is 19.1. The minimum Gasteiger partial charge on any atom is -0.510 e. The highest BCUT2D eigenvalue weighted by Crippen LogP contribution is 2.55. The average Bonchev–Trinajstić information content (AvgIpc) is 2.72. The van der Waals surface area contributed by atoms with Gasteiger partial charge >= 0.3 is 0 Å². The molecule has 0 fully saturated rings. The maximum Gasteiger partial charge on any atom is 0.209 e. The molecule has 3 aliphatic rings. The van der Waals surface area contributed by atoms with E-state index in [-0.39, 0.29) is 5.56 Å². The van der Waals surface area contributed by atoms with Gasteiger partial charge in [-0.2, -0.15) is 0 Å². The summed E-state index contributed by atoms with van der Waals surface area (Å²) in [5.41, 5.74) is -4.82. The highest BCUT2D eigenvalue weighted by molar-refractivity contribution is 6.25. The molecular weight excluding hydrogens is 437 g/mol. The number of aliphatic hydroxyl groups excluding tert-OH is 3. The number of phenols is 1. The van der Waals surface area contributed by atoms with Crippen LogP contribution in [0, 0.1) is 17.7 Å². The molecule has 0 amide bonds. The van der Waals surface area contributed by atoms with Crippen LogP contribution in [0.15, 0.2) is 34.8 Å². The molecule has 33 heavy (non-hydrogen) atoms. The van der Waals surface area contributed by atoms with Gasteiger partial charge in [0.2, 0.25) is 5.78 Å². The van der Waals surface area contributed by atoms with E-state index in [1.807, 2.05) is 0 Å². The first-order valence-corrected chi connectivity index (χ1v) is 10.3. The van der Waals surface area contributed by atoms with Crippen LogP contribution < -0.4 is 0 Å². The monoisotopic (exact) mass is 461 g/mol. The van der Waals surface area contributed by atoms with Crippen LogP contribution in [0.5, 0.6) is 5.75 Å². The Hall–Kier alpha value is -3.08. The molecule has 0 unspecified atom stereocenters. The van der Waals surface area contributed by atoms with Crippen LogP contribution in [0.1, 0.15) is 35.7 Å². The first kappa shape index (κ1) is 23.1. The summed E-state index contributed by atoms with van der Waals surface area (Å²) in [6.07, 6.45) is -1.72. The lowest BCUT2D eigenvalue weighted by atomic mass is 9.55. The number of hydrogen-bond donors (Lipinski definition) is 5. The van der Waals surface area contributed by atoms with Gasteiger partial charge in [-0.15, -0.1) is 0 Å². The number of nitrogens with zero attached hydrogens (tertiary/aromatic N) is 1. The molecular formula is C23H24FNO8. The number of benzene rings is 1. The molecule has 3 aliphatic carbocycles. The molecule has 5 N–H and O–H groups in total. The lowest BCUT2D eigenvalue weighted by Crippen LogP contribution is -2.68. The van der Waals surface area contributed by atoms with Gasteiger partial charge in [0.1, 0.15) is 28.7 Å². The standard InChI is InChI=1S/C23H24FNO8/c1-7-11-9(24)5-6-10(27)14(11)18(28)15-12(7)19(29)16-17(25(3)4)20(30)13(8(2)26)21(31)23(16,33)22(15)32/h5-7,12,16-17,19,27,29-30,32-33H,1-4H3/t7-,12+,16+,17-,19-,23+/m0/s1. The number of aromatic hydroxyl groups is 1. The van der Waals surface area contributed by atoms with Crippen molar-refractivity contribution in [2.45, 2.75) is 37.5 Å². The Morgan fingerprint density at radius 1 is 1.15 bits per heavy atom. The van der Waals surface area contributed by atoms with Crippen molar-refractivity contribution in [2.75, 3.05) is 14.1 Å². The molecule has 1 aromatic rings. The Morgan fingerprint density at radius 3 is 2.30 bits per heavy atom. The van der Waals surface area contributed by atoms with Gasteiger partial charge in [0.05, 0.1) is 23.6 Å². The SMILES string of the molecule is CC(=O)C1=C(O)[C@@H](N(C)C)[C@@H]2[C@@H](O)[C@H]3C(=C(O)[C@]2(O)C1=O)C(=O)c1c(O)ccc(F)c1[C@@H]3C. The third-order valence-corrected chi connectivity index (χ3v) is 7.16. The van der Waals surface area contributed by atoms with E-state index in [0.29, 0.717) is 0 Å². The predicted molar refractivity (Wildman–Crippen MR) is 111 cm³/mol. The molecule has 0 spiro atoms. The number of rotatable bonds is 2. The molecule has 10 heteroatoms. The maximum absolute atomic E-state index is 14.7. The van der Waals surface area contributed by atoms with E-state index < -0.39 is 92.6 Å². The quantitative estimate of drug-likeness (QED) is 0.404. The summed E-state index contributed by atoms with van der Waals surface area (Å²) in [6, 6.07) is 0.650. The molecule has 1 aromatic carbocycles. The number of likely N-dealkylation sites (N-methyl/N-ethyl adjacent to an activating group) is 1. The van der Waals surface area contributed by atoms with Crippen LogP contribution in [-0.4, -0.2) is 79.6 Å². The van der Waals surface area contributed by atoms with Gasteiger partial charge in [0.15, 0.2) is 17.2 Å². The fraction of sp³-hybridized carbons (Fsp3) is 0.435. The second-order valence-corrected chi connectivity index (χ2v) is 9.10. The third-order valence-electron chi connectivity index (χ3n) is 7.16. The van der Waals surface area contributed by atoms with Crippen molar-refractivity contribution < 1.29 is 44.3 Å². The molecule has 0 aliphatic heterocycles. The van der Waals surface area contributed by atoms with Gasteiger partial charge in [-0.1, -0.05) is 6.92 Å². The topological polar surface area (TPSA) is 156 Å². The predicted octanol–water partition coefficient (Wildman–Crippen LogP) is 0.895. The van der Waals surface area contributed by atoms with E-state index >= 15 is 0 Å². The van der Waals surface area contributed by atoms with Crippen LogP contribution in [-0.2, 0) is 9.59 Å². The number of hydrogen-bond acceptors (Lipinski definition) is 9. The molecule has 0 saturated heterocycles. The van der Waals surface area contributed by atoms with Crippen LogP contribution >= 0.6 is 0 Å². The zero-order chi connectivity index (χ0) is 24.7. The minimum atomic E-state index is -2.91. The summed E-state index contributed by atoms with van der Waals surface area (Å²) in [6.45, 7) is 2.47. The summed E-state index contributed by atoms with van der Waals surface area (Å²) >= 11 is 0. The van der Waals surface area contributed by atoms with Crippen molar-refractivity contribution in [3.05, 3.63) is 51.7 Å². The number of aliphatic hydroxyl groups is 4. The fourth-order valence-corrected chi connectivity index (χ4v) is 5.75. The van der Waals surface area contributed by atoms with Crippen molar-refractivity contribution >= 4 is 17.3 Å². The van der Waals surface area contributed by atoms with Crippen molar-refractivity contribution in [1.82, 2.24) is 4.90 Å². The minimum absolute atomic E-state index is 0.168. The smallest absolute Gasteiger partial charge is 0.209 e. The van der Waals surface area contributed by atoms with Crippen molar-refractivity contribution in [2.24, 2.45) is 11.8 Å². The van der Waals surface area contributed by atoms with E-state index in [4.69, 9.17) is 0 Å². The number of Topliss-reactive ketones (excluding diaryl/α,β-unsaturated/α-hetero) is 3. The van der Waals surface area contributed by atoms with Crippen molar-refractivity contribution in [3.63, 3.8) is 0 Å². The second kappa shape index (κ2) is 7.21. The number of carbonyl (C=O) groups is 3. The number of phenolic OH excluding ortho intramolecular Hbond substituents is 1.